The van der Waals surface area contributed by atoms with Crippen molar-refractivity contribution in [2.75, 3.05) is 0 Å². The van der Waals surface area contributed by atoms with Gasteiger partial charge < -0.3 is 10.6 Å². The number of rotatable bonds is 5. The van der Waals surface area contributed by atoms with Crippen LogP contribution in [0.25, 0.3) is 0 Å². The first kappa shape index (κ1) is 19.8. The number of nitrogens with one attached hydrogen (secondary N) is 3. The van der Waals surface area contributed by atoms with Gasteiger partial charge >= 0.3 is 0 Å². The Morgan fingerprint density at radius 2 is 1.57 bits per heavy atom. The predicted molar refractivity (Wildman–Crippen MR) is 112 cm³/mol. The molecule has 0 aromatic carbocycles. The molecule has 7 nitrogen and oxygen atoms in total. The molecule has 0 spiro atoms. The van der Waals surface area contributed by atoms with Gasteiger partial charge in [0.2, 0.25) is 11.8 Å². The Bertz CT molecular complexity index is 793. The van der Waals surface area contributed by atoms with E-state index in [0.29, 0.717) is 23.8 Å². The van der Waals surface area contributed by atoms with Crippen LogP contribution in [0, 0.1) is 29.6 Å². The summed E-state index contributed by atoms with van der Waals surface area (Å²) in [5.41, 5.74) is 0. The van der Waals surface area contributed by atoms with Crippen LogP contribution in [0.4, 0.5) is 0 Å². The maximum Gasteiger partial charge on any atom is 0.224 e. The van der Waals surface area contributed by atoms with Crippen molar-refractivity contribution in [3.8, 4) is 0 Å². The van der Waals surface area contributed by atoms with Gasteiger partial charge in [0.1, 0.15) is 12.2 Å². The molecule has 3 fully saturated rings. The quantitative estimate of drug-likeness (QED) is 0.649. The first-order valence-corrected chi connectivity index (χ1v) is 11.7. The second-order valence-electron chi connectivity index (χ2n) is 10.1. The normalized spacial score (nSPS) is 39.9. The third-order valence-electron chi connectivity index (χ3n) is 8.19. The lowest BCUT2D eigenvalue weighted by Crippen LogP contribution is -2.44. The van der Waals surface area contributed by atoms with Gasteiger partial charge in [0.15, 0.2) is 0 Å². The van der Waals surface area contributed by atoms with E-state index in [0.717, 1.165) is 57.2 Å². The number of allylic oxidation sites excluding steroid dienone is 2. The maximum atomic E-state index is 12.8. The van der Waals surface area contributed by atoms with Gasteiger partial charge in [-0.2, -0.15) is 5.10 Å². The minimum atomic E-state index is 0.0250. The fourth-order valence-electron chi connectivity index (χ4n) is 6.32. The molecule has 1 heterocycles. The summed E-state index contributed by atoms with van der Waals surface area (Å²) >= 11 is 0. The number of carbonyl (C=O) groups is 2. The highest BCUT2D eigenvalue weighted by Gasteiger charge is 2.45. The van der Waals surface area contributed by atoms with E-state index in [9.17, 15) is 9.59 Å². The number of nitrogens with zero attached hydrogens (tertiary/aromatic N) is 2. The summed E-state index contributed by atoms with van der Waals surface area (Å²) in [6.45, 7) is 2.18. The summed E-state index contributed by atoms with van der Waals surface area (Å²) in [5, 5.41) is 13.5. The number of carbonyl (C=O) groups excluding carboxylic acids is 2. The Labute approximate surface area is 177 Å². The topological polar surface area (TPSA) is 99.8 Å². The minimum absolute atomic E-state index is 0.0250. The highest BCUT2D eigenvalue weighted by Crippen LogP contribution is 2.45. The molecule has 5 rings (SSSR count). The highest BCUT2D eigenvalue weighted by molar-refractivity contribution is 5.81. The molecule has 2 amide bonds. The zero-order valence-corrected chi connectivity index (χ0v) is 17.7. The van der Waals surface area contributed by atoms with Crippen molar-refractivity contribution < 1.29 is 9.59 Å². The van der Waals surface area contributed by atoms with Crippen LogP contribution < -0.4 is 10.6 Å². The number of amides is 2. The largest absolute Gasteiger partial charge is 0.353 e. The number of fused-ring (bicyclic) bond motifs is 1. The van der Waals surface area contributed by atoms with Gasteiger partial charge in [-0.05, 0) is 69.1 Å². The fourth-order valence-corrected chi connectivity index (χ4v) is 6.32. The molecule has 7 heteroatoms. The Morgan fingerprint density at radius 1 is 0.933 bits per heavy atom. The lowest BCUT2D eigenvalue weighted by molar-refractivity contribution is -0.129. The van der Waals surface area contributed by atoms with Crippen molar-refractivity contribution in [2.24, 2.45) is 29.6 Å². The van der Waals surface area contributed by atoms with Gasteiger partial charge in [-0.25, -0.2) is 4.98 Å². The van der Waals surface area contributed by atoms with Crippen molar-refractivity contribution in [3.05, 3.63) is 24.3 Å². The standard InChI is InChI=1S/C23H33N5O2/c1-13-4-2-3-5-18(13)22(29)26-16-8-14-10-17(11-15(14)9-16)27-23(30)20-7-6-19(20)21-24-12-25-28-21/h2-3,12-20H,4-11H2,1H3,(H,26,29)(H,27,30)(H,24,25,28)/t13-,14-,15+,16?,17?,18-,19+,20-/m1/s1. The van der Waals surface area contributed by atoms with Crippen molar-refractivity contribution >= 4 is 11.8 Å². The molecular formula is C23H33N5O2. The van der Waals surface area contributed by atoms with Gasteiger partial charge in [0.25, 0.3) is 0 Å². The summed E-state index contributed by atoms with van der Waals surface area (Å²) in [4.78, 5) is 29.7. The average Bonchev–Trinajstić information content (AvgIpc) is 3.38. The van der Waals surface area contributed by atoms with Crippen LogP contribution >= 0.6 is 0 Å². The number of aromatic amines is 1. The van der Waals surface area contributed by atoms with Crippen LogP contribution in [0.5, 0.6) is 0 Å². The van der Waals surface area contributed by atoms with Gasteiger partial charge in [0, 0.05) is 29.8 Å². The van der Waals surface area contributed by atoms with Gasteiger partial charge in [-0.15, -0.1) is 0 Å². The summed E-state index contributed by atoms with van der Waals surface area (Å²) in [6.07, 6.45) is 13.9. The van der Waals surface area contributed by atoms with Crippen LogP contribution in [0.3, 0.4) is 0 Å². The molecule has 4 aliphatic rings. The molecule has 3 saturated carbocycles. The molecule has 0 bridgehead atoms. The zero-order chi connectivity index (χ0) is 20.7. The number of hydrogen-bond donors (Lipinski definition) is 3. The van der Waals surface area contributed by atoms with Crippen molar-refractivity contribution in [3.63, 3.8) is 0 Å². The third kappa shape index (κ3) is 3.79. The molecule has 2 unspecified atom stereocenters. The fraction of sp³-hybridized carbons (Fsp3) is 0.739. The molecule has 0 saturated heterocycles. The first-order valence-electron chi connectivity index (χ1n) is 11.7. The molecule has 162 valence electrons. The zero-order valence-electron chi connectivity index (χ0n) is 17.7. The molecule has 1 aromatic heterocycles. The minimum Gasteiger partial charge on any atom is -0.353 e. The Kier molecular flexibility index (Phi) is 5.37. The van der Waals surface area contributed by atoms with E-state index in [-0.39, 0.29) is 35.6 Å². The monoisotopic (exact) mass is 411 g/mol. The Hall–Kier alpha value is -2.18. The van der Waals surface area contributed by atoms with Crippen LogP contribution in [-0.4, -0.2) is 39.1 Å². The Morgan fingerprint density at radius 3 is 2.10 bits per heavy atom. The van der Waals surface area contributed by atoms with Crippen LogP contribution in [-0.2, 0) is 9.59 Å². The van der Waals surface area contributed by atoms with Crippen LogP contribution in [0.15, 0.2) is 18.5 Å². The van der Waals surface area contributed by atoms with E-state index in [4.69, 9.17) is 0 Å². The number of aromatic nitrogens is 3. The molecule has 0 radical (unpaired) electrons. The second-order valence-corrected chi connectivity index (χ2v) is 10.1. The van der Waals surface area contributed by atoms with E-state index in [1.54, 1.807) is 0 Å². The third-order valence-corrected chi connectivity index (χ3v) is 8.19. The van der Waals surface area contributed by atoms with Crippen LogP contribution in [0.2, 0.25) is 0 Å². The molecule has 0 aliphatic heterocycles. The lowest BCUT2D eigenvalue weighted by atomic mass is 9.72. The molecular weight excluding hydrogens is 378 g/mol. The second kappa shape index (κ2) is 8.16. The van der Waals surface area contributed by atoms with E-state index >= 15 is 0 Å². The van der Waals surface area contributed by atoms with Crippen molar-refractivity contribution in [1.82, 2.24) is 25.8 Å². The van der Waals surface area contributed by atoms with Crippen molar-refractivity contribution in [1.29, 1.82) is 0 Å². The van der Waals surface area contributed by atoms with Gasteiger partial charge in [-0.3, -0.25) is 14.7 Å². The van der Waals surface area contributed by atoms with Crippen LogP contribution in [0.1, 0.15) is 70.0 Å². The SMILES string of the molecule is C[C@@H]1CC=CC[C@H]1C(=O)NC1C[C@@H]2CC(NC(=O)[C@@H]3CC[C@@H]3c3ncn[nH]3)C[C@@H]2C1. The van der Waals surface area contributed by atoms with E-state index < -0.39 is 0 Å². The predicted octanol–water partition coefficient (Wildman–Crippen LogP) is 2.69. The molecule has 1 aromatic rings. The summed E-state index contributed by atoms with van der Waals surface area (Å²) in [7, 11) is 0. The van der Waals surface area contributed by atoms with Crippen molar-refractivity contribution in [2.45, 2.75) is 76.3 Å². The van der Waals surface area contributed by atoms with Gasteiger partial charge in [0.05, 0.1) is 0 Å². The average molecular weight is 412 g/mol. The molecule has 8 atom stereocenters. The maximum absolute atomic E-state index is 12.8. The highest BCUT2D eigenvalue weighted by atomic mass is 16.2. The summed E-state index contributed by atoms with van der Waals surface area (Å²) < 4.78 is 0. The smallest absolute Gasteiger partial charge is 0.224 e. The number of H-pyrrole nitrogens is 1. The number of hydrogen-bond acceptors (Lipinski definition) is 4. The van der Waals surface area contributed by atoms with E-state index in [2.05, 4.69) is 44.9 Å². The first-order chi connectivity index (χ1) is 14.6. The van der Waals surface area contributed by atoms with E-state index in [1.807, 2.05) is 0 Å². The summed E-state index contributed by atoms with van der Waals surface area (Å²) in [6, 6.07) is 0.591. The van der Waals surface area contributed by atoms with E-state index in [1.165, 1.54) is 6.33 Å². The molecule has 4 aliphatic carbocycles. The lowest BCUT2D eigenvalue weighted by Gasteiger charge is -2.34. The summed E-state index contributed by atoms with van der Waals surface area (Å²) in [5.74, 6) is 3.27. The molecule has 30 heavy (non-hydrogen) atoms. The Balaban J connectivity index is 1.08. The molecule has 3 N–H and O–H groups in total. The van der Waals surface area contributed by atoms with Gasteiger partial charge in [-0.1, -0.05) is 19.1 Å².